The van der Waals surface area contributed by atoms with E-state index >= 15 is 0 Å². The van der Waals surface area contributed by atoms with Crippen LogP contribution < -0.4 is 8.92 Å². The van der Waals surface area contributed by atoms with E-state index in [4.69, 9.17) is 20.5 Å². The highest BCUT2D eigenvalue weighted by Crippen LogP contribution is 2.36. The van der Waals surface area contributed by atoms with E-state index in [1.165, 1.54) is 79.9 Å². The number of hydrogen-bond donors (Lipinski definition) is 0. The third-order valence-corrected chi connectivity index (χ3v) is 7.56. The minimum absolute atomic E-state index is 0.0430. The fourth-order valence-corrected chi connectivity index (χ4v) is 5.21. The van der Waals surface area contributed by atoms with Gasteiger partial charge in [0.2, 0.25) is 0 Å². The second kappa shape index (κ2) is 10.6. The summed E-state index contributed by atoms with van der Waals surface area (Å²) in [6, 6.07) is 15.4. The van der Waals surface area contributed by atoms with Crippen LogP contribution in [0.1, 0.15) is 11.1 Å². The molecule has 0 saturated carbocycles. The first-order chi connectivity index (χ1) is 17.6. The molecule has 0 atom stereocenters. The average Bonchev–Trinajstić information content (AvgIpc) is 3.12. The molecule has 3 aromatic rings. The summed E-state index contributed by atoms with van der Waals surface area (Å²) in [6.45, 7) is -0.0430. The molecule has 0 N–H and O–H groups in total. The lowest BCUT2D eigenvalue weighted by molar-refractivity contribution is -0.384. The van der Waals surface area contributed by atoms with Crippen molar-refractivity contribution < 1.29 is 31.9 Å². The molecule has 0 bridgehead atoms. The summed E-state index contributed by atoms with van der Waals surface area (Å²) in [7, 11) is -2.83. The van der Waals surface area contributed by atoms with Gasteiger partial charge in [-0.25, -0.2) is 0 Å². The molecule has 0 spiro atoms. The van der Waals surface area contributed by atoms with Crippen LogP contribution in [0.25, 0.3) is 6.08 Å². The van der Waals surface area contributed by atoms with Crippen LogP contribution in [-0.4, -0.2) is 36.5 Å². The van der Waals surface area contributed by atoms with Crippen LogP contribution in [0.4, 0.5) is 10.5 Å². The van der Waals surface area contributed by atoms with Crippen molar-refractivity contribution in [2.75, 3.05) is 7.11 Å². The topological polar surface area (TPSA) is 133 Å². The molecular formula is C24H17ClN2O8S2. The van der Waals surface area contributed by atoms with Gasteiger partial charge >= 0.3 is 10.1 Å². The first-order valence-electron chi connectivity index (χ1n) is 10.4. The molecule has 1 heterocycles. The maximum absolute atomic E-state index is 12.9. The molecule has 1 aliphatic rings. The van der Waals surface area contributed by atoms with E-state index in [-0.39, 0.29) is 33.5 Å². The van der Waals surface area contributed by atoms with Crippen LogP contribution in [0.15, 0.2) is 76.5 Å². The van der Waals surface area contributed by atoms with E-state index in [1.54, 1.807) is 0 Å². The number of rotatable bonds is 8. The van der Waals surface area contributed by atoms with E-state index in [0.29, 0.717) is 16.1 Å². The Hall–Kier alpha value is -3.87. The third-order valence-electron chi connectivity index (χ3n) is 5.15. The fourth-order valence-electron chi connectivity index (χ4n) is 3.30. The van der Waals surface area contributed by atoms with Crippen LogP contribution in [0, 0.1) is 10.1 Å². The molecule has 13 heteroatoms. The van der Waals surface area contributed by atoms with Crippen LogP contribution >= 0.6 is 23.4 Å². The molecule has 1 saturated heterocycles. The second-order valence-corrected chi connectivity index (χ2v) is 10.6. The molecule has 0 radical (unpaired) electrons. The lowest BCUT2D eigenvalue weighted by Crippen LogP contribution is -2.27. The standard InChI is InChI=1S/C24H17ClN2O8S2/c1-34-21-12-16(4-11-20(21)35-37(32,33)19-9-5-17(25)6-10-19)13-22-23(28)26(24(29)36-22)14-15-2-7-18(8-3-15)27(30)31/h2-13H,14H2,1H3/b22-13-. The SMILES string of the molecule is COc1cc(/C=C2\SC(=O)N(Cc3ccc([N+](=O)[O-])cc3)C2=O)ccc1OS(=O)(=O)c1ccc(Cl)cc1. The Kier molecular flexibility index (Phi) is 7.52. The minimum Gasteiger partial charge on any atom is -0.493 e. The Morgan fingerprint density at radius 3 is 2.32 bits per heavy atom. The monoisotopic (exact) mass is 560 g/mol. The van der Waals surface area contributed by atoms with Gasteiger partial charge in [0, 0.05) is 17.2 Å². The predicted octanol–water partition coefficient (Wildman–Crippen LogP) is 5.26. The number of non-ortho nitro benzene ring substituents is 1. The highest BCUT2D eigenvalue weighted by Gasteiger charge is 2.35. The van der Waals surface area contributed by atoms with Crippen molar-refractivity contribution in [1.82, 2.24) is 4.90 Å². The van der Waals surface area contributed by atoms with Gasteiger partial charge in [0.1, 0.15) is 4.90 Å². The van der Waals surface area contributed by atoms with Crippen molar-refractivity contribution in [3.8, 4) is 11.5 Å². The number of ether oxygens (including phenoxy) is 1. The fraction of sp³-hybridized carbons (Fsp3) is 0.0833. The van der Waals surface area contributed by atoms with E-state index in [9.17, 15) is 28.1 Å². The molecule has 2 amide bonds. The number of thioether (sulfide) groups is 1. The van der Waals surface area contributed by atoms with Gasteiger partial charge in [0.25, 0.3) is 16.8 Å². The maximum Gasteiger partial charge on any atom is 0.339 e. The highest BCUT2D eigenvalue weighted by atomic mass is 35.5. The van der Waals surface area contributed by atoms with Gasteiger partial charge in [0.15, 0.2) is 11.5 Å². The molecule has 0 aliphatic carbocycles. The molecule has 190 valence electrons. The summed E-state index contributed by atoms with van der Waals surface area (Å²) in [5, 5.41) is 10.7. The van der Waals surface area contributed by atoms with E-state index < -0.39 is 26.2 Å². The lowest BCUT2D eigenvalue weighted by atomic mass is 10.1. The van der Waals surface area contributed by atoms with Gasteiger partial charge in [-0.3, -0.25) is 24.6 Å². The van der Waals surface area contributed by atoms with Crippen LogP contribution in [0.3, 0.4) is 0 Å². The molecule has 3 aromatic carbocycles. The molecule has 37 heavy (non-hydrogen) atoms. The van der Waals surface area contributed by atoms with Crippen molar-refractivity contribution in [1.29, 1.82) is 0 Å². The maximum atomic E-state index is 12.9. The Bertz CT molecular complexity index is 1520. The van der Waals surface area contributed by atoms with Gasteiger partial charge in [-0.2, -0.15) is 8.42 Å². The number of benzene rings is 3. The zero-order valence-corrected chi connectivity index (χ0v) is 21.4. The number of carbonyl (C=O) groups is 2. The molecule has 0 unspecified atom stereocenters. The van der Waals surface area contributed by atoms with E-state index in [2.05, 4.69) is 0 Å². The largest absolute Gasteiger partial charge is 0.493 e. The summed E-state index contributed by atoms with van der Waals surface area (Å²) >= 11 is 6.55. The van der Waals surface area contributed by atoms with Crippen molar-refractivity contribution in [2.24, 2.45) is 0 Å². The second-order valence-electron chi connectivity index (χ2n) is 7.59. The summed E-state index contributed by atoms with van der Waals surface area (Å²) < 4.78 is 35.7. The molecule has 0 aromatic heterocycles. The Morgan fingerprint density at radius 1 is 1.03 bits per heavy atom. The zero-order chi connectivity index (χ0) is 26.7. The lowest BCUT2D eigenvalue weighted by Gasteiger charge is -2.12. The number of halogens is 1. The van der Waals surface area contributed by atoms with E-state index in [0.717, 1.165) is 16.7 Å². The first-order valence-corrected chi connectivity index (χ1v) is 13.0. The Morgan fingerprint density at radius 2 is 1.70 bits per heavy atom. The zero-order valence-electron chi connectivity index (χ0n) is 19.0. The van der Waals surface area contributed by atoms with Crippen molar-refractivity contribution >= 4 is 56.4 Å². The van der Waals surface area contributed by atoms with Crippen molar-refractivity contribution in [2.45, 2.75) is 11.4 Å². The average molecular weight is 561 g/mol. The molecule has 10 nitrogen and oxygen atoms in total. The number of methoxy groups -OCH3 is 1. The normalized spacial score (nSPS) is 14.8. The van der Waals surface area contributed by atoms with Crippen LogP contribution in [0.2, 0.25) is 5.02 Å². The quantitative estimate of drug-likeness (QED) is 0.156. The number of nitrogens with zero attached hydrogens (tertiary/aromatic N) is 2. The summed E-state index contributed by atoms with van der Waals surface area (Å²) in [5.74, 6) is -0.504. The van der Waals surface area contributed by atoms with Crippen molar-refractivity contribution in [3.63, 3.8) is 0 Å². The molecular weight excluding hydrogens is 544 g/mol. The smallest absolute Gasteiger partial charge is 0.339 e. The number of carbonyl (C=O) groups excluding carboxylic acids is 2. The molecule has 1 fully saturated rings. The Labute approximate surface area is 220 Å². The summed E-state index contributed by atoms with van der Waals surface area (Å²) in [6.07, 6.45) is 1.47. The van der Waals surface area contributed by atoms with Gasteiger partial charge in [-0.1, -0.05) is 29.8 Å². The van der Waals surface area contributed by atoms with Crippen LogP contribution in [-0.2, 0) is 21.5 Å². The minimum atomic E-state index is -4.16. The summed E-state index contributed by atoms with van der Waals surface area (Å²) in [5.41, 5.74) is 0.924. The predicted molar refractivity (Wildman–Crippen MR) is 137 cm³/mol. The number of amides is 2. The first kappa shape index (κ1) is 26.2. The molecule has 1 aliphatic heterocycles. The number of nitro groups is 1. The van der Waals surface area contributed by atoms with Gasteiger partial charge in [0.05, 0.1) is 23.5 Å². The number of imide groups is 1. The number of nitro benzene ring substituents is 1. The third kappa shape index (κ3) is 5.93. The molecule has 4 rings (SSSR count). The number of hydrogen-bond acceptors (Lipinski definition) is 9. The highest BCUT2D eigenvalue weighted by molar-refractivity contribution is 8.18. The van der Waals surface area contributed by atoms with Crippen molar-refractivity contribution in [3.05, 3.63) is 97.9 Å². The van der Waals surface area contributed by atoms with Gasteiger partial charge in [-0.05, 0) is 65.4 Å². The van der Waals surface area contributed by atoms with Gasteiger partial charge < -0.3 is 8.92 Å². The Balaban J connectivity index is 1.52. The van der Waals surface area contributed by atoms with Gasteiger partial charge in [-0.15, -0.1) is 0 Å². The van der Waals surface area contributed by atoms with E-state index in [1.807, 2.05) is 0 Å². The van der Waals surface area contributed by atoms with Crippen LogP contribution in [0.5, 0.6) is 11.5 Å². The summed E-state index contributed by atoms with van der Waals surface area (Å²) in [4.78, 5) is 36.7.